The van der Waals surface area contributed by atoms with Crippen molar-refractivity contribution in [1.29, 1.82) is 0 Å². The molecule has 1 atom stereocenters. The molecular formula is C23H27N5O3. The zero-order valence-electron chi connectivity index (χ0n) is 18.1. The molecule has 0 bridgehead atoms. The average molecular weight is 422 g/mol. The first-order valence-electron chi connectivity index (χ1n) is 10.5. The van der Waals surface area contributed by atoms with Crippen LogP contribution in [0.5, 0.6) is 5.75 Å². The third kappa shape index (κ3) is 4.16. The topological polar surface area (TPSA) is 82.4 Å². The molecule has 3 heterocycles. The zero-order valence-corrected chi connectivity index (χ0v) is 18.1. The molecule has 1 aliphatic heterocycles. The van der Waals surface area contributed by atoms with Crippen molar-refractivity contribution in [2.24, 2.45) is 0 Å². The molecule has 1 aromatic carbocycles. The van der Waals surface area contributed by atoms with E-state index < -0.39 is 0 Å². The fourth-order valence-corrected chi connectivity index (χ4v) is 4.01. The van der Waals surface area contributed by atoms with Crippen LogP contribution in [0.3, 0.4) is 0 Å². The van der Waals surface area contributed by atoms with Gasteiger partial charge >= 0.3 is 0 Å². The summed E-state index contributed by atoms with van der Waals surface area (Å²) in [5.41, 5.74) is 2.73. The van der Waals surface area contributed by atoms with Crippen LogP contribution in [0, 0.1) is 0 Å². The molecule has 1 aliphatic rings. The van der Waals surface area contributed by atoms with Gasteiger partial charge in [-0.25, -0.2) is 9.97 Å². The predicted molar refractivity (Wildman–Crippen MR) is 116 cm³/mol. The van der Waals surface area contributed by atoms with Crippen LogP contribution in [0.4, 0.5) is 0 Å². The summed E-state index contributed by atoms with van der Waals surface area (Å²) in [6, 6.07) is 9.70. The van der Waals surface area contributed by atoms with Gasteiger partial charge in [-0.1, -0.05) is 12.1 Å². The van der Waals surface area contributed by atoms with E-state index in [2.05, 4.69) is 17.0 Å². The largest absolute Gasteiger partial charge is 0.496 e. The number of amides is 1. The average Bonchev–Trinajstić information content (AvgIpc) is 3.23. The summed E-state index contributed by atoms with van der Waals surface area (Å²) in [6.07, 6.45) is 6.46. The van der Waals surface area contributed by atoms with Crippen molar-refractivity contribution < 1.29 is 14.3 Å². The SMILES string of the molecule is COCc1c(C(=O)N2CCCC[C@H]2C)cnn1-c1nccc(-c2ccccc2OC)n1. The molecule has 1 amide bonds. The van der Waals surface area contributed by atoms with Crippen molar-refractivity contribution in [3.05, 3.63) is 54.0 Å². The molecular weight excluding hydrogens is 394 g/mol. The zero-order chi connectivity index (χ0) is 21.8. The molecule has 1 fully saturated rings. The number of likely N-dealkylation sites (tertiary alicyclic amines) is 1. The molecule has 0 unspecified atom stereocenters. The lowest BCUT2D eigenvalue weighted by atomic mass is 10.0. The number of carbonyl (C=O) groups excluding carboxylic acids is 1. The Labute approximate surface area is 181 Å². The summed E-state index contributed by atoms with van der Waals surface area (Å²) in [4.78, 5) is 24.3. The van der Waals surface area contributed by atoms with E-state index in [1.807, 2.05) is 35.2 Å². The summed E-state index contributed by atoms with van der Waals surface area (Å²) < 4.78 is 12.5. The lowest BCUT2D eigenvalue weighted by Gasteiger charge is -2.33. The molecule has 162 valence electrons. The minimum atomic E-state index is -0.0219. The summed E-state index contributed by atoms with van der Waals surface area (Å²) in [5, 5.41) is 4.46. The molecule has 0 radical (unpaired) electrons. The van der Waals surface area contributed by atoms with Crippen LogP contribution < -0.4 is 4.74 Å². The van der Waals surface area contributed by atoms with E-state index in [1.54, 1.807) is 31.3 Å². The minimum Gasteiger partial charge on any atom is -0.496 e. The van der Waals surface area contributed by atoms with Gasteiger partial charge in [0.1, 0.15) is 5.75 Å². The number of benzene rings is 1. The number of carbonyl (C=O) groups is 1. The fraction of sp³-hybridized carbons (Fsp3) is 0.391. The normalized spacial score (nSPS) is 16.4. The van der Waals surface area contributed by atoms with Gasteiger partial charge in [0.15, 0.2) is 0 Å². The number of rotatable bonds is 6. The maximum absolute atomic E-state index is 13.3. The quantitative estimate of drug-likeness (QED) is 0.606. The molecule has 3 aromatic rings. The summed E-state index contributed by atoms with van der Waals surface area (Å²) in [5.74, 6) is 1.08. The fourth-order valence-electron chi connectivity index (χ4n) is 4.01. The second-order valence-electron chi connectivity index (χ2n) is 7.64. The van der Waals surface area contributed by atoms with Crippen LogP contribution in [0.15, 0.2) is 42.7 Å². The van der Waals surface area contributed by atoms with Crippen LogP contribution in [0.2, 0.25) is 0 Å². The molecule has 4 rings (SSSR count). The highest BCUT2D eigenvalue weighted by atomic mass is 16.5. The smallest absolute Gasteiger partial charge is 0.257 e. The van der Waals surface area contributed by atoms with Crippen LogP contribution in [0.1, 0.15) is 42.2 Å². The Balaban J connectivity index is 1.73. The molecule has 0 spiro atoms. The maximum atomic E-state index is 13.3. The van der Waals surface area contributed by atoms with Gasteiger partial charge in [0.05, 0.1) is 36.9 Å². The lowest BCUT2D eigenvalue weighted by molar-refractivity contribution is 0.0630. The van der Waals surface area contributed by atoms with Crippen LogP contribution in [-0.4, -0.2) is 57.4 Å². The maximum Gasteiger partial charge on any atom is 0.257 e. The molecule has 8 heteroatoms. The second-order valence-corrected chi connectivity index (χ2v) is 7.64. The first-order chi connectivity index (χ1) is 15.1. The summed E-state index contributed by atoms with van der Waals surface area (Å²) >= 11 is 0. The highest BCUT2D eigenvalue weighted by Crippen LogP contribution is 2.28. The highest BCUT2D eigenvalue weighted by Gasteiger charge is 2.28. The third-order valence-electron chi connectivity index (χ3n) is 5.66. The Morgan fingerprint density at radius 3 is 2.81 bits per heavy atom. The number of aromatic nitrogens is 4. The van der Waals surface area contributed by atoms with E-state index in [0.29, 0.717) is 22.9 Å². The van der Waals surface area contributed by atoms with Gasteiger partial charge in [-0.2, -0.15) is 9.78 Å². The number of hydrogen-bond acceptors (Lipinski definition) is 6. The van der Waals surface area contributed by atoms with E-state index >= 15 is 0 Å². The molecule has 0 aliphatic carbocycles. The van der Waals surface area contributed by atoms with Crippen molar-refractivity contribution in [2.45, 2.75) is 38.8 Å². The van der Waals surface area contributed by atoms with Crippen LogP contribution >= 0.6 is 0 Å². The van der Waals surface area contributed by atoms with Gasteiger partial charge < -0.3 is 14.4 Å². The van der Waals surface area contributed by atoms with Gasteiger partial charge in [0.25, 0.3) is 11.9 Å². The Morgan fingerprint density at radius 2 is 2.03 bits per heavy atom. The first kappa shape index (κ1) is 21.0. The van der Waals surface area contributed by atoms with Crippen LogP contribution in [-0.2, 0) is 11.3 Å². The van der Waals surface area contributed by atoms with Crippen molar-refractivity contribution in [3.8, 4) is 23.0 Å². The second kappa shape index (κ2) is 9.26. The lowest BCUT2D eigenvalue weighted by Crippen LogP contribution is -2.42. The Hall–Kier alpha value is -3.26. The van der Waals surface area contributed by atoms with Crippen LogP contribution in [0.25, 0.3) is 17.2 Å². The summed E-state index contributed by atoms with van der Waals surface area (Å²) in [6.45, 7) is 3.08. The van der Waals surface area contributed by atoms with Crippen molar-refractivity contribution >= 4 is 5.91 Å². The number of piperidine rings is 1. The summed E-state index contributed by atoms with van der Waals surface area (Å²) in [7, 11) is 3.23. The highest BCUT2D eigenvalue weighted by molar-refractivity contribution is 5.95. The Morgan fingerprint density at radius 1 is 1.19 bits per heavy atom. The molecule has 0 saturated carbocycles. The van der Waals surface area contributed by atoms with E-state index in [4.69, 9.17) is 14.5 Å². The van der Waals surface area contributed by atoms with E-state index in [9.17, 15) is 4.79 Å². The number of methoxy groups -OCH3 is 2. The van der Waals surface area contributed by atoms with Gasteiger partial charge in [-0.3, -0.25) is 4.79 Å². The number of ether oxygens (including phenoxy) is 2. The standard InChI is InChI=1S/C23H27N5O3/c1-16-8-6-7-13-27(16)22(29)18-14-25-28(20(18)15-30-2)23-24-12-11-19(26-23)17-9-4-5-10-21(17)31-3/h4-5,9-12,14,16H,6-8,13,15H2,1-3H3/t16-/m1/s1. The van der Waals surface area contributed by atoms with E-state index in [0.717, 1.165) is 37.1 Å². The molecule has 31 heavy (non-hydrogen) atoms. The Kier molecular flexibility index (Phi) is 6.27. The van der Waals surface area contributed by atoms with Gasteiger partial charge in [0.2, 0.25) is 0 Å². The van der Waals surface area contributed by atoms with Crippen molar-refractivity contribution in [1.82, 2.24) is 24.6 Å². The van der Waals surface area contributed by atoms with Gasteiger partial charge in [-0.05, 0) is 44.4 Å². The number of hydrogen-bond donors (Lipinski definition) is 0. The van der Waals surface area contributed by atoms with Crippen molar-refractivity contribution in [2.75, 3.05) is 20.8 Å². The predicted octanol–water partition coefficient (Wildman–Crippen LogP) is 3.50. The third-order valence-corrected chi connectivity index (χ3v) is 5.66. The van der Waals surface area contributed by atoms with Gasteiger partial charge in [0, 0.05) is 31.5 Å². The Bertz CT molecular complexity index is 1060. The monoisotopic (exact) mass is 421 g/mol. The number of nitrogens with zero attached hydrogens (tertiary/aromatic N) is 5. The van der Waals surface area contributed by atoms with E-state index in [1.165, 1.54) is 0 Å². The van der Waals surface area contributed by atoms with Gasteiger partial charge in [-0.15, -0.1) is 0 Å². The van der Waals surface area contributed by atoms with Crippen molar-refractivity contribution in [3.63, 3.8) is 0 Å². The molecule has 2 aromatic heterocycles. The first-order valence-corrected chi connectivity index (χ1v) is 10.5. The minimum absolute atomic E-state index is 0.0219. The van der Waals surface area contributed by atoms with E-state index in [-0.39, 0.29) is 18.6 Å². The number of para-hydroxylation sites is 1. The molecule has 8 nitrogen and oxygen atoms in total. The molecule has 0 N–H and O–H groups in total. The molecule has 1 saturated heterocycles.